The summed E-state index contributed by atoms with van der Waals surface area (Å²) in [4.78, 5) is 20.0. The second kappa shape index (κ2) is 4.52. The quantitative estimate of drug-likeness (QED) is 0.672. The number of aromatic nitrogens is 3. The third-order valence-corrected chi connectivity index (χ3v) is 3.26. The van der Waals surface area contributed by atoms with Gasteiger partial charge in [0.1, 0.15) is 11.5 Å². The normalized spacial score (nSPS) is 10.9. The first kappa shape index (κ1) is 12.5. The first-order chi connectivity index (χ1) is 9.60. The number of fused-ring (bicyclic) bond motifs is 1. The number of carbonyl (C=O) groups excluding carboxylic acids is 1. The van der Waals surface area contributed by atoms with Gasteiger partial charge in [0.15, 0.2) is 12.1 Å². The molecule has 3 rings (SSSR count). The maximum absolute atomic E-state index is 13.0. The Labute approximate surface area is 114 Å². The van der Waals surface area contributed by atoms with Crippen molar-refractivity contribution in [3.8, 4) is 11.4 Å². The van der Waals surface area contributed by atoms with E-state index in [0.29, 0.717) is 17.0 Å². The molecule has 0 atom stereocenters. The number of carbonyl (C=O) groups is 1. The lowest BCUT2D eigenvalue weighted by Crippen LogP contribution is -1.96. The van der Waals surface area contributed by atoms with Crippen LogP contribution in [0.5, 0.6) is 0 Å². The summed E-state index contributed by atoms with van der Waals surface area (Å²) in [6, 6.07) is 6.03. The van der Waals surface area contributed by atoms with E-state index >= 15 is 0 Å². The lowest BCUT2D eigenvalue weighted by Gasteiger charge is -2.04. The van der Waals surface area contributed by atoms with Crippen LogP contribution >= 0.6 is 0 Å². The number of benzene rings is 1. The van der Waals surface area contributed by atoms with Crippen molar-refractivity contribution in [3.63, 3.8) is 0 Å². The number of halogens is 1. The molecule has 0 aliphatic carbocycles. The molecule has 100 valence electrons. The molecule has 0 aliphatic heterocycles. The summed E-state index contributed by atoms with van der Waals surface area (Å²) in [6.45, 7) is 1.84. The molecule has 4 nitrogen and oxygen atoms in total. The fourth-order valence-electron chi connectivity index (χ4n) is 2.30. The summed E-state index contributed by atoms with van der Waals surface area (Å²) in [5.74, 6) is 0.224. The molecular weight excluding hydrogens is 257 g/mol. The van der Waals surface area contributed by atoms with E-state index in [1.54, 1.807) is 22.9 Å². The zero-order chi connectivity index (χ0) is 14.3. The molecule has 0 bridgehead atoms. The van der Waals surface area contributed by atoms with Gasteiger partial charge in [-0.05, 0) is 31.2 Å². The van der Waals surface area contributed by atoms with Crippen molar-refractivity contribution in [1.82, 2.24) is 14.5 Å². The number of hydrogen-bond acceptors (Lipinski definition) is 3. The average molecular weight is 269 g/mol. The van der Waals surface area contributed by atoms with Crippen LogP contribution in [0.4, 0.5) is 4.39 Å². The summed E-state index contributed by atoms with van der Waals surface area (Å²) in [5.41, 5.74) is 2.74. The fraction of sp³-hybridized carbons (Fsp3) is 0.133. The molecule has 0 saturated carbocycles. The summed E-state index contributed by atoms with van der Waals surface area (Å²) < 4.78 is 14.8. The number of hydrogen-bond donors (Lipinski definition) is 0. The Hall–Kier alpha value is -2.56. The molecule has 2 aromatic heterocycles. The molecule has 0 spiro atoms. The second-order valence-corrected chi connectivity index (χ2v) is 4.65. The molecular formula is C15H12FN3O. The van der Waals surface area contributed by atoms with Gasteiger partial charge in [-0.2, -0.15) is 0 Å². The average Bonchev–Trinajstić information content (AvgIpc) is 2.77. The first-order valence-corrected chi connectivity index (χ1v) is 6.15. The predicted octanol–water partition coefficient (Wildman–Crippen LogP) is 2.90. The van der Waals surface area contributed by atoms with Gasteiger partial charge < -0.3 is 4.57 Å². The van der Waals surface area contributed by atoms with Crippen LogP contribution in [0.2, 0.25) is 0 Å². The Morgan fingerprint density at radius 3 is 2.55 bits per heavy atom. The summed E-state index contributed by atoms with van der Waals surface area (Å²) >= 11 is 0. The predicted molar refractivity (Wildman–Crippen MR) is 74.0 cm³/mol. The highest BCUT2D eigenvalue weighted by atomic mass is 19.1. The van der Waals surface area contributed by atoms with Crippen LogP contribution in [0.25, 0.3) is 22.4 Å². The van der Waals surface area contributed by atoms with E-state index in [2.05, 4.69) is 9.97 Å². The molecule has 0 N–H and O–H groups in total. The van der Waals surface area contributed by atoms with Gasteiger partial charge in [0.05, 0.1) is 11.1 Å². The van der Waals surface area contributed by atoms with Crippen molar-refractivity contribution < 1.29 is 9.18 Å². The van der Waals surface area contributed by atoms with Crippen LogP contribution in [0, 0.1) is 12.7 Å². The molecule has 0 saturated heterocycles. The van der Waals surface area contributed by atoms with Crippen LogP contribution in [-0.2, 0) is 7.05 Å². The molecule has 0 radical (unpaired) electrons. The largest absolute Gasteiger partial charge is 0.335 e. The van der Waals surface area contributed by atoms with Crippen LogP contribution in [0.15, 0.2) is 30.5 Å². The molecule has 0 unspecified atom stereocenters. The molecule has 3 aromatic rings. The highest BCUT2D eigenvalue weighted by molar-refractivity contribution is 5.97. The lowest BCUT2D eigenvalue weighted by molar-refractivity contribution is 0.112. The Kier molecular flexibility index (Phi) is 2.82. The van der Waals surface area contributed by atoms with Crippen molar-refractivity contribution in [2.75, 3.05) is 0 Å². The van der Waals surface area contributed by atoms with Gasteiger partial charge in [-0.25, -0.2) is 14.4 Å². The van der Waals surface area contributed by atoms with Gasteiger partial charge in [-0.3, -0.25) is 4.79 Å². The smallest absolute Gasteiger partial charge is 0.161 e. The number of nitrogens with zero attached hydrogens (tertiary/aromatic N) is 3. The molecule has 20 heavy (non-hydrogen) atoms. The zero-order valence-electron chi connectivity index (χ0n) is 11.1. The SMILES string of the molecule is Cc1nc(-c2ccc(F)cc2)nc2c1c(C=O)cn2C. The Morgan fingerprint density at radius 2 is 1.90 bits per heavy atom. The third kappa shape index (κ3) is 1.87. The highest BCUT2D eigenvalue weighted by Crippen LogP contribution is 2.24. The monoisotopic (exact) mass is 269 g/mol. The van der Waals surface area contributed by atoms with Crippen molar-refractivity contribution >= 4 is 17.3 Å². The first-order valence-electron chi connectivity index (χ1n) is 6.15. The topological polar surface area (TPSA) is 47.8 Å². The maximum Gasteiger partial charge on any atom is 0.161 e. The molecule has 1 aromatic carbocycles. The standard InChI is InChI=1S/C15H12FN3O/c1-9-13-11(8-20)7-19(2)15(13)18-14(17-9)10-3-5-12(16)6-4-10/h3-8H,1-2H3. The van der Waals surface area contributed by atoms with E-state index in [9.17, 15) is 9.18 Å². The summed E-state index contributed by atoms with van der Waals surface area (Å²) in [5, 5.41) is 0.758. The molecule has 0 fully saturated rings. The number of aryl methyl sites for hydroxylation is 2. The van der Waals surface area contributed by atoms with E-state index in [1.165, 1.54) is 12.1 Å². The van der Waals surface area contributed by atoms with E-state index in [1.807, 2.05) is 14.0 Å². The number of aldehydes is 1. The molecule has 0 aliphatic rings. The van der Waals surface area contributed by atoms with Crippen LogP contribution in [0.3, 0.4) is 0 Å². The van der Waals surface area contributed by atoms with Crippen molar-refractivity contribution in [1.29, 1.82) is 0 Å². The lowest BCUT2D eigenvalue weighted by atomic mass is 10.1. The van der Waals surface area contributed by atoms with Crippen molar-refractivity contribution in [2.45, 2.75) is 6.92 Å². The molecule has 5 heteroatoms. The summed E-state index contributed by atoms with van der Waals surface area (Å²) in [7, 11) is 1.83. The zero-order valence-corrected chi connectivity index (χ0v) is 11.1. The Bertz CT molecular complexity index is 806. The van der Waals surface area contributed by atoms with Crippen LogP contribution in [0.1, 0.15) is 16.1 Å². The van der Waals surface area contributed by atoms with Crippen molar-refractivity contribution in [2.24, 2.45) is 7.05 Å². The number of rotatable bonds is 2. The highest BCUT2D eigenvalue weighted by Gasteiger charge is 2.13. The van der Waals surface area contributed by atoms with E-state index in [0.717, 1.165) is 22.9 Å². The van der Waals surface area contributed by atoms with Crippen molar-refractivity contribution in [3.05, 3.63) is 47.5 Å². The molecule has 0 amide bonds. The van der Waals surface area contributed by atoms with Crippen LogP contribution in [-0.4, -0.2) is 20.8 Å². The van der Waals surface area contributed by atoms with Gasteiger partial charge in [-0.15, -0.1) is 0 Å². The fourth-order valence-corrected chi connectivity index (χ4v) is 2.30. The van der Waals surface area contributed by atoms with E-state index < -0.39 is 0 Å². The Balaban J connectivity index is 2.26. The van der Waals surface area contributed by atoms with Gasteiger partial charge in [0, 0.05) is 24.4 Å². The minimum atomic E-state index is -0.298. The second-order valence-electron chi connectivity index (χ2n) is 4.65. The van der Waals surface area contributed by atoms with Crippen LogP contribution < -0.4 is 0 Å². The van der Waals surface area contributed by atoms with Gasteiger partial charge >= 0.3 is 0 Å². The molecule has 2 heterocycles. The van der Waals surface area contributed by atoms with E-state index in [-0.39, 0.29) is 5.82 Å². The minimum Gasteiger partial charge on any atom is -0.335 e. The maximum atomic E-state index is 13.0. The Morgan fingerprint density at radius 1 is 1.20 bits per heavy atom. The van der Waals surface area contributed by atoms with E-state index in [4.69, 9.17) is 0 Å². The third-order valence-electron chi connectivity index (χ3n) is 3.26. The summed E-state index contributed by atoms with van der Waals surface area (Å²) in [6.07, 6.45) is 2.53. The van der Waals surface area contributed by atoms with Gasteiger partial charge in [-0.1, -0.05) is 0 Å². The minimum absolute atomic E-state index is 0.298. The van der Waals surface area contributed by atoms with Gasteiger partial charge in [0.25, 0.3) is 0 Å². The van der Waals surface area contributed by atoms with Gasteiger partial charge in [0.2, 0.25) is 0 Å².